The number of methoxy groups -OCH3 is 1. The monoisotopic (exact) mass is 374 g/mol. The number of nitrogens with one attached hydrogen (secondary N) is 1. The smallest absolute Gasteiger partial charge is 0.328 e. The number of rotatable bonds is 3. The van der Waals surface area contributed by atoms with Gasteiger partial charge in [0.2, 0.25) is 0 Å². The van der Waals surface area contributed by atoms with Crippen molar-refractivity contribution < 1.29 is 9.53 Å². The predicted molar refractivity (Wildman–Crippen MR) is 78.2 cm³/mol. The summed E-state index contributed by atoms with van der Waals surface area (Å²) < 4.78 is 6.40. The van der Waals surface area contributed by atoms with Crippen LogP contribution in [0.15, 0.2) is 27.8 Å². The molecule has 0 bridgehead atoms. The Labute approximate surface area is 121 Å². The molecule has 1 aromatic carbocycles. The van der Waals surface area contributed by atoms with Crippen molar-refractivity contribution in [2.75, 3.05) is 7.11 Å². The van der Waals surface area contributed by atoms with Crippen LogP contribution in [-0.2, 0) is 16.1 Å². The second kappa shape index (κ2) is 5.55. The van der Waals surface area contributed by atoms with Gasteiger partial charge in [-0.1, -0.05) is 0 Å². The van der Waals surface area contributed by atoms with Gasteiger partial charge in [-0.05, 0) is 40.8 Å². The Balaban J connectivity index is 2.52. The zero-order valence-corrected chi connectivity index (χ0v) is 12.3. The summed E-state index contributed by atoms with van der Waals surface area (Å²) in [5.74, 6) is -0.464. The minimum Gasteiger partial charge on any atom is -0.469 e. The molecule has 0 spiro atoms. The Bertz CT molecular complexity index is 747. The molecule has 1 N–H and O–H groups in total. The van der Waals surface area contributed by atoms with Crippen LogP contribution < -0.4 is 11.2 Å². The summed E-state index contributed by atoms with van der Waals surface area (Å²) >= 11 is 2.09. The number of ether oxygens (including phenoxy) is 1. The molecule has 7 heteroatoms. The van der Waals surface area contributed by atoms with Gasteiger partial charge >= 0.3 is 11.7 Å². The van der Waals surface area contributed by atoms with E-state index in [1.54, 1.807) is 18.2 Å². The van der Waals surface area contributed by atoms with Crippen LogP contribution in [0.4, 0.5) is 0 Å². The lowest BCUT2D eigenvalue weighted by Gasteiger charge is -2.05. The number of aromatic amines is 1. The van der Waals surface area contributed by atoms with E-state index in [0.717, 1.165) is 8.14 Å². The second-order valence-electron chi connectivity index (χ2n) is 3.90. The van der Waals surface area contributed by atoms with Crippen LogP contribution in [0.5, 0.6) is 0 Å². The summed E-state index contributed by atoms with van der Waals surface area (Å²) in [6.07, 6.45) is -0.0189. The number of H-pyrrole nitrogens is 1. The number of esters is 1. The number of hydrogen-bond donors (Lipinski definition) is 1. The van der Waals surface area contributed by atoms with Gasteiger partial charge in [-0.25, -0.2) is 4.79 Å². The van der Waals surface area contributed by atoms with Crippen molar-refractivity contribution in [3.8, 4) is 0 Å². The molecular formula is C12H11IN2O4. The average molecular weight is 374 g/mol. The van der Waals surface area contributed by atoms with Gasteiger partial charge in [-0.2, -0.15) is 0 Å². The average Bonchev–Trinajstić information content (AvgIpc) is 2.39. The van der Waals surface area contributed by atoms with Crippen LogP contribution in [0.3, 0.4) is 0 Å². The van der Waals surface area contributed by atoms with Gasteiger partial charge in [0.25, 0.3) is 5.56 Å². The molecule has 0 aliphatic heterocycles. The molecule has 1 aromatic heterocycles. The summed E-state index contributed by atoms with van der Waals surface area (Å²) in [6, 6.07) is 5.18. The van der Waals surface area contributed by atoms with Gasteiger partial charge in [0.1, 0.15) is 0 Å². The van der Waals surface area contributed by atoms with Crippen LogP contribution >= 0.6 is 22.6 Å². The van der Waals surface area contributed by atoms with Gasteiger partial charge in [-0.15, -0.1) is 0 Å². The maximum Gasteiger partial charge on any atom is 0.328 e. The summed E-state index contributed by atoms with van der Waals surface area (Å²) in [5.41, 5.74) is -0.437. The Hall–Kier alpha value is -1.64. The molecule has 0 aliphatic rings. The zero-order chi connectivity index (χ0) is 14.0. The number of carbonyl (C=O) groups excluding carboxylic acids is 1. The third-order valence-electron chi connectivity index (χ3n) is 2.71. The van der Waals surface area contributed by atoms with Crippen molar-refractivity contribution in [1.29, 1.82) is 0 Å². The van der Waals surface area contributed by atoms with E-state index in [9.17, 15) is 14.4 Å². The molecule has 19 heavy (non-hydrogen) atoms. The van der Waals surface area contributed by atoms with E-state index in [-0.39, 0.29) is 13.0 Å². The van der Waals surface area contributed by atoms with E-state index in [1.165, 1.54) is 7.11 Å². The summed E-state index contributed by atoms with van der Waals surface area (Å²) in [5, 5.41) is 0.427. The highest BCUT2D eigenvalue weighted by Crippen LogP contribution is 2.10. The van der Waals surface area contributed by atoms with Crippen molar-refractivity contribution >= 4 is 39.5 Å². The fourth-order valence-corrected chi connectivity index (χ4v) is 2.22. The summed E-state index contributed by atoms with van der Waals surface area (Å²) in [4.78, 5) is 37.7. The molecule has 0 atom stereocenters. The maximum atomic E-state index is 12.2. The molecule has 6 nitrogen and oxygen atoms in total. The zero-order valence-electron chi connectivity index (χ0n) is 10.1. The number of aromatic nitrogens is 2. The predicted octanol–water partition coefficient (Wildman–Crippen LogP) is 0.857. The highest BCUT2D eigenvalue weighted by molar-refractivity contribution is 14.1. The van der Waals surface area contributed by atoms with E-state index >= 15 is 0 Å². The molecule has 0 saturated heterocycles. The van der Waals surface area contributed by atoms with Crippen LogP contribution in [0.25, 0.3) is 10.9 Å². The highest BCUT2D eigenvalue weighted by Gasteiger charge is 2.09. The normalized spacial score (nSPS) is 10.6. The van der Waals surface area contributed by atoms with Crippen LogP contribution in [-0.4, -0.2) is 22.6 Å². The summed E-state index contributed by atoms with van der Waals surface area (Å²) in [6.45, 7) is 0.00224. The number of nitrogens with zero attached hydrogens (tertiary/aromatic N) is 1. The molecule has 0 amide bonds. The molecule has 0 radical (unpaired) electrons. The molecule has 0 saturated carbocycles. The first-order chi connectivity index (χ1) is 9.02. The topological polar surface area (TPSA) is 81.2 Å². The molecular weight excluding hydrogens is 363 g/mol. The third-order valence-corrected chi connectivity index (χ3v) is 3.38. The molecule has 1 heterocycles. The van der Waals surface area contributed by atoms with Crippen molar-refractivity contribution in [3.63, 3.8) is 0 Å². The Morgan fingerprint density at radius 1 is 1.42 bits per heavy atom. The van der Waals surface area contributed by atoms with Gasteiger partial charge in [0.15, 0.2) is 0 Å². The van der Waals surface area contributed by atoms with Gasteiger partial charge in [-0.3, -0.25) is 14.2 Å². The van der Waals surface area contributed by atoms with E-state index in [0.29, 0.717) is 10.9 Å². The lowest BCUT2D eigenvalue weighted by Crippen LogP contribution is -2.35. The molecule has 0 aliphatic carbocycles. The van der Waals surface area contributed by atoms with Gasteiger partial charge in [0.05, 0.1) is 24.4 Å². The third kappa shape index (κ3) is 2.86. The van der Waals surface area contributed by atoms with E-state index in [2.05, 4.69) is 32.3 Å². The molecule has 0 unspecified atom stereocenters. The van der Waals surface area contributed by atoms with Crippen LogP contribution in [0.1, 0.15) is 6.42 Å². The number of benzene rings is 1. The number of fused-ring (bicyclic) bond motifs is 1. The number of hydrogen-bond acceptors (Lipinski definition) is 4. The standard InChI is InChI=1S/C12H11IN2O4/c1-19-10(16)4-5-15-11(17)8-6-7(13)2-3-9(8)14-12(15)18/h2-3,6H,4-5H2,1H3,(H,14,18). The summed E-state index contributed by atoms with van der Waals surface area (Å²) in [7, 11) is 1.26. The van der Waals surface area contributed by atoms with Gasteiger partial charge < -0.3 is 9.72 Å². The first kappa shape index (κ1) is 13.8. The Morgan fingerprint density at radius 3 is 2.84 bits per heavy atom. The second-order valence-corrected chi connectivity index (χ2v) is 5.15. The maximum absolute atomic E-state index is 12.2. The lowest BCUT2D eigenvalue weighted by molar-refractivity contribution is -0.140. The Morgan fingerprint density at radius 2 is 2.16 bits per heavy atom. The fraction of sp³-hybridized carbons (Fsp3) is 0.250. The first-order valence-corrected chi connectivity index (χ1v) is 6.60. The van der Waals surface area contributed by atoms with Crippen molar-refractivity contribution in [1.82, 2.24) is 9.55 Å². The largest absolute Gasteiger partial charge is 0.469 e. The minimum atomic E-state index is -0.525. The number of carbonyl (C=O) groups is 1. The first-order valence-electron chi connectivity index (χ1n) is 5.52. The molecule has 2 aromatic rings. The Kier molecular flexibility index (Phi) is 4.03. The quantitative estimate of drug-likeness (QED) is 0.638. The number of halogens is 1. The highest BCUT2D eigenvalue weighted by atomic mass is 127. The molecule has 0 fully saturated rings. The minimum absolute atomic E-state index is 0.00224. The SMILES string of the molecule is COC(=O)CCn1c(=O)[nH]c2ccc(I)cc2c1=O. The van der Waals surface area contributed by atoms with Crippen molar-refractivity contribution in [2.24, 2.45) is 0 Å². The fourth-order valence-electron chi connectivity index (χ4n) is 1.73. The van der Waals surface area contributed by atoms with Crippen molar-refractivity contribution in [2.45, 2.75) is 13.0 Å². The van der Waals surface area contributed by atoms with Gasteiger partial charge in [0, 0.05) is 10.1 Å². The molecule has 2 rings (SSSR count). The van der Waals surface area contributed by atoms with E-state index < -0.39 is 17.2 Å². The van der Waals surface area contributed by atoms with Crippen LogP contribution in [0.2, 0.25) is 0 Å². The molecule has 100 valence electrons. The van der Waals surface area contributed by atoms with Crippen molar-refractivity contribution in [3.05, 3.63) is 42.6 Å². The van der Waals surface area contributed by atoms with Crippen LogP contribution in [0, 0.1) is 3.57 Å². The lowest BCUT2D eigenvalue weighted by atomic mass is 10.2. The van der Waals surface area contributed by atoms with E-state index in [4.69, 9.17) is 0 Å². The van der Waals surface area contributed by atoms with E-state index in [1.807, 2.05) is 0 Å².